The van der Waals surface area contributed by atoms with Gasteiger partial charge in [0.05, 0.1) is 24.8 Å². The fourth-order valence-corrected chi connectivity index (χ4v) is 2.67. The molecule has 23 heavy (non-hydrogen) atoms. The third kappa shape index (κ3) is 3.71. The van der Waals surface area contributed by atoms with E-state index >= 15 is 0 Å². The average Bonchev–Trinajstić information content (AvgIpc) is 2.89. The van der Waals surface area contributed by atoms with E-state index in [9.17, 15) is 4.79 Å². The molecule has 0 unspecified atom stereocenters. The minimum absolute atomic E-state index is 0.170. The molecule has 1 aliphatic heterocycles. The van der Waals surface area contributed by atoms with Gasteiger partial charge in [-0.3, -0.25) is 4.79 Å². The van der Waals surface area contributed by atoms with Gasteiger partial charge in [-0.15, -0.1) is 0 Å². The van der Waals surface area contributed by atoms with Gasteiger partial charge < -0.3 is 19.2 Å². The quantitative estimate of drug-likeness (QED) is 0.936. The van der Waals surface area contributed by atoms with Gasteiger partial charge in [-0.05, 0) is 26.0 Å². The lowest BCUT2D eigenvalue weighted by molar-refractivity contribution is -0.00450. The summed E-state index contributed by atoms with van der Waals surface area (Å²) in [5.41, 5.74) is 0.546. The summed E-state index contributed by atoms with van der Waals surface area (Å²) >= 11 is 0. The average molecular weight is 316 g/mol. The number of hydrogen-bond acceptors (Lipinski definition) is 5. The summed E-state index contributed by atoms with van der Waals surface area (Å²) < 4.78 is 16.8. The number of amides is 1. The summed E-state index contributed by atoms with van der Waals surface area (Å²) in [6.45, 7) is 4.62. The van der Waals surface area contributed by atoms with Crippen LogP contribution < -0.4 is 10.1 Å². The Labute approximate surface area is 134 Å². The van der Waals surface area contributed by atoms with Gasteiger partial charge in [0.15, 0.2) is 0 Å². The molecule has 6 heteroatoms. The number of carbonyl (C=O) groups excluding carboxylic acids is 1. The highest BCUT2D eigenvalue weighted by molar-refractivity contribution is 5.95. The van der Waals surface area contributed by atoms with Gasteiger partial charge in [0, 0.05) is 18.7 Å². The number of nitrogens with one attached hydrogen (secondary N) is 1. The lowest BCUT2D eigenvalue weighted by Crippen LogP contribution is -2.51. The molecule has 1 fully saturated rings. The Morgan fingerprint density at radius 1 is 1.39 bits per heavy atom. The molecule has 2 aromatic heterocycles. The van der Waals surface area contributed by atoms with Crippen molar-refractivity contribution in [3.63, 3.8) is 0 Å². The van der Waals surface area contributed by atoms with E-state index in [1.807, 2.05) is 19.1 Å². The Balaban J connectivity index is 1.69. The van der Waals surface area contributed by atoms with Crippen LogP contribution >= 0.6 is 0 Å². The van der Waals surface area contributed by atoms with Gasteiger partial charge in [-0.25, -0.2) is 4.98 Å². The molecular weight excluding hydrogens is 296 g/mol. The summed E-state index contributed by atoms with van der Waals surface area (Å²) in [6, 6.07) is 7.02. The van der Waals surface area contributed by atoms with Crippen molar-refractivity contribution in [2.75, 3.05) is 13.2 Å². The number of furan rings is 1. The first kappa shape index (κ1) is 15.6. The van der Waals surface area contributed by atoms with Crippen molar-refractivity contribution in [3.05, 3.63) is 47.5 Å². The Hall–Kier alpha value is -2.34. The second kappa shape index (κ2) is 6.83. The number of rotatable bonds is 4. The number of hydrogen-bond donors (Lipinski definition) is 1. The Kier molecular flexibility index (Phi) is 4.62. The van der Waals surface area contributed by atoms with E-state index in [2.05, 4.69) is 10.3 Å². The number of aryl methyl sites for hydroxylation is 2. The first-order valence-corrected chi connectivity index (χ1v) is 7.67. The van der Waals surface area contributed by atoms with Crippen LogP contribution in [0.4, 0.5) is 0 Å². The standard InChI is InChI=1S/C17H20N2O4/c1-11-9-13(12(2)22-11)17(20)19-14-10-21-8-6-15(14)23-16-5-3-4-7-18-16/h3-5,7,9,14-15H,6,8,10H2,1-2H3,(H,19,20)/t14-,15-/m1/s1. The molecule has 0 aromatic carbocycles. The van der Waals surface area contributed by atoms with Crippen LogP contribution in [0.15, 0.2) is 34.9 Å². The van der Waals surface area contributed by atoms with Gasteiger partial charge in [-0.1, -0.05) is 6.07 Å². The SMILES string of the molecule is Cc1cc(C(=O)N[C@@H]2COCC[C@H]2Oc2ccccn2)c(C)o1. The molecule has 122 valence electrons. The molecule has 1 amide bonds. The molecule has 6 nitrogen and oxygen atoms in total. The largest absolute Gasteiger partial charge is 0.472 e. The Bertz CT molecular complexity index is 668. The van der Waals surface area contributed by atoms with Crippen LogP contribution in [0.2, 0.25) is 0 Å². The molecule has 2 aromatic rings. The second-order valence-electron chi connectivity index (χ2n) is 5.59. The highest BCUT2D eigenvalue weighted by Crippen LogP contribution is 2.18. The minimum atomic E-state index is -0.229. The number of carbonyl (C=O) groups is 1. The van der Waals surface area contributed by atoms with Crippen LogP contribution in [0.5, 0.6) is 5.88 Å². The molecule has 0 saturated carbocycles. The van der Waals surface area contributed by atoms with Gasteiger partial charge in [0.25, 0.3) is 5.91 Å². The summed E-state index contributed by atoms with van der Waals surface area (Å²) in [7, 11) is 0. The van der Waals surface area contributed by atoms with E-state index in [4.69, 9.17) is 13.9 Å². The molecular formula is C17H20N2O4. The van der Waals surface area contributed by atoms with Crippen molar-refractivity contribution in [1.82, 2.24) is 10.3 Å². The zero-order valence-corrected chi connectivity index (χ0v) is 13.2. The maximum atomic E-state index is 12.4. The van der Waals surface area contributed by atoms with Crippen molar-refractivity contribution in [2.45, 2.75) is 32.4 Å². The second-order valence-corrected chi connectivity index (χ2v) is 5.59. The Morgan fingerprint density at radius 3 is 2.96 bits per heavy atom. The first-order valence-electron chi connectivity index (χ1n) is 7.67. The maximum Gasteiger partial charge on any atom is 0.255 e. The molecule has 0 radical (unpaired) electrons. The molecule has 1 N–H and O–H groups in total. The van der Waals surface area contributed by atoms with Crippen LogP contribution in [0, 0.1) is 13.8 Å². The topological polar surface area (TPSA) is 73.6 Å². The zero-order valence-electron chi connectivity index (χ0n) is 13.2. The Morgan fingerprint density at radius 2 is 2.26 bits per heavy atom. The smallest absolute Gasteiger partial charge is 0.255 e. The van der Waals surface area contributed by atoms with Crippen molar-refractivity contribution in [2.24, 2.45) is 0 Å². The van der Waals surface area contributed by atoms with Crippen molar-refractivity contribution in [1.29, 1.82) is 0 Å². The van der Waals surface area contributed by atoms with E-state index < -0.39 is 0 Å². The number of pyridine rings is 1. The number of aromatic nitrogens is 1. The lowest BCUT2D eigenvalue weighted by Gasteiger charge is -2.32. The summed E-state index contributed by atoms with van der Waals surface area (Å²) in [6.07, 6.45) is 2.21. The van der Waals surface area contributed by atoms with Gasteiger partial charge >= 0.3 is 0 Å². The van der Waals surface area contributed by atoms with Crippen molar-refractivity contribution < 1.29 is 18.7 Å². The van der Waals surface area contributed by atoms with Crippen LogP contribution in [-0.2, 0) is 4.74 Å². The summed E-state index contributed by atoms with van der Waals surface area (Å²) in [5, 5.41) is 2.98. The minimum Gasteiger partial charge on any atom is -0.472 e. The van der Waals surface area contributed by atoms with Crippen LogP contribution in [-0.4, -0.2) is 36.3 Å². The third-order valence-electron chi connectivity index (χ3n) is 3.80. The first-order chi connectivity index (χ1) is 11.1. The van der Waals surface area contributed by atoms with Gasteiger partial charge in [-0.2, -0.15) is 0 Å². The van der Waals surface area contributed by atoms with E-state index in [-0.39, 0.29) is 18.1 Å². The molecule has 3 heterocycles. The molecule has 1 aliphatic rings. The van der Waals surface area contributed by atoms with Gasteiger partial charge in [0.1, 0.15) is 17.6 Å². The highest BCUT2D eigenvalue weighted by atomic mass is 16.5. The third-order valence-corrected chi connectivity index (χ3v) is 3.80. The van der Waals surface area contributed by atoms with E-state index in [1.165, 1.54) is 0 Å². The molecule has 3 rings (SSSR count). The fourth-order valence-electron chi connectivity index (χ4n) is 2.67. The highest BCUT2D eigenvalue weighted by Gasteiger charge is 2.30. The molecule has 0 aliphatic carbocycles. The van der Waals surface area contributed by atoms with Crippen LogP contribution in [0.3, 0.4) is 0 Å². The number of ether oxygens (including phenoxy) is 2. The predicted octanol–water partition coefficient (Wildman–Crippen LogP) is 2.26. The zero-order chi connectivity index (χ0) is 16.2. The van der Waals surface area contributed by atoms with Crippen molar-refractivity contribution in [3.8, 4) is 5.88 Å². The van der Waals surface area contributed by atoms with E-state index in [0.29, 0.717) is 42.6 Å². The van der Waals surface area contributed by atoms with E-state index in [1.54, 1.807) is 25.3 Å². The summed E-state index contributed by atoms with van der Waals surface area (Å²) in [5.74, 6) is 1.70. The molecule has 0 bridgehead atoms. The maximum absolute atomic E-state index is 12.4. The van der Waals surface area contributed by atoms with Crippen LogP contribution in [0.25, 0.3) is 0 Å². The van der Waals surface area contributed by atoms with Gasteiger partial charge in [0.2, 0.25) is 5.88 Å². The predicted molar refractivity (Wildman–Crippen MR) is 83.5 cm³/mol. The van der Waals surface area contributed by atoms with E-state index in [0.717, 1.165) is 0 Å². The molecule has 2 atom stereocenters. The normalized spacial score (nSPS) is 21.0. The van der Waals surface area contributed by atoms with Crippen LogP contribution in [0.1, 0.15) is 28.3 Å². The molecule has 1 saturated heterocycles. The van der Waals surface area contributed by atoms with Crippen molar-refractivity contribution >= 4 is 5.91 Å². The lowest BCUT2D eigenvalue weighted by atomic mass is 10.1. The number of nitrogens with zero attached hydrogens (tertiary/aromatic N) is 1. The fraction of sp³-hybridized carbons (Fsp3) is 0.412. The monoisotopic (exact) mass is 316 g/mol. The molecule has 0 spiro atoms. The summed E-state index contributed by atoms with van der Waals surface area (Å²) in [4.78, 5) is 16.6.